The van der Waals surface area contributed by atoms with Crippen LogP contribution in [0.3, 0.4) is 0 Å². The van der Waals surface area contributed by atoms with Crippen LogP contribution < -0.4 is 15.5 Å². The SMILES string of the molecule is CN=C(NCCc1ccc(S(C)(=O)=O)cc1)NC1CCN(c2ncccc2Cl)C1. The van der Waals surface area contributed by atoms with Crippen molar-refractivity contribution >= 4 is 33.2 Å². The Morgan fingerprint density at radius 2 is 2.07 bits per heavy atom. The minimum Gasteiger partial charge on any atom is -0.356 e. The molecule has 0 aliphatic carbocycles. The number of pyridine rings is 1. The molecule has 1 aliphatic heterocycles. The van der Waals surface area contributed by atoms with Crippen molar-refractivity contribution in [2.75, 3.05) is 37.8 Å². The maximum atomic E-state index is 11.5. The second-order valence-corrected chi connectivity index (χ2v) is 9.47. The Morgan fingerprint density at radius 3 is 2.72 bits per heavy atom. The van der Waals surface area contributed by atoms with Crippen LogP contribution in [0.2, 0.25) is 5.02 Å². The third kappa shape index (κ3) is 5.83. The third-order valence-electron chi connectivity index (χ3n) is 4.85. The first kappa shape index (κ1) is 21.4. The van der Waals surface area contributed by atoms with E-state index in [0.717, 1.165) is 43.3 Å². The normalized spacial score (nSPS) is 17.4. The fourth-order valence-corrected chi connectivity index (χ4v) is 4.17. The molecule has 1 aliphatic rings. The molecule has 7 nitrogen and oxygen atoms in total. The fraction of sp³-hybridized carbons (Fsp3) is 0.400. The van der Waals surface area contributed by atoms with E-state index >= 15 is 0 Å². The summed E-state index contributed by atoms with van der Waals surface area (Å²) in [6.45, 7) is 2.39. The molecular formula is C20H26ClN5O2S. The monoisotopic (exact) mass is 435 g/mol. The minimum atomic E-state index is -3.16. The highest BCUT2D eigenvalue weighted by Crippen LogP contribution is 2.25. The summed E-state index contributed by atoms with van der Waals surface area (Å²) in [5, 5.41) is 7.43. The van der Waals surface area contributed by atoms with Crippen LogP contribution in [0, 0.1) is 0 Å². The molecule has 1 saturated heterocycles. The molecule has 0 saturated carbocycles. The number of aliphatic imine (C=N–C) groups is 1. The van der Waals surface area contributed by atoms with E-state index in [4.69, 9.17) is 11.6 Å². The largest absolute Gasteiger partial charge is 0.356 e. The number of rotatable bonds is 6. The Balaban J connectivity index is 1.47. The summed E-state index contributed by atoms with van der Waals surface area (Å²) in [5.74, 6) is 1.57. The molecule has 0 bridgehead atoms. The number of guanidine groups is 1. The number of nitrogens with zero attached hydrogens (tertiary/aromatic N) is 3. The molecule has 1 aromatic carbocycles. The number of benzene rings is 1. The molecule has 2 heterocycles. The van der Waals surface area contributed by atoms with Crippen LogP contribution in [0.4, 0.5) is 5.82 Å². The number of halogens is 1. The van der Waals surface area contributed by atoms with Crippen LogP contribution in [0.25, 0.3) is 0 Å². The Morgan fingerprint density at radius 1 is 1.31 bits per heavy atom. The number of sulfone groups is 1. The molecule has 1 aromatic heterocycles. The van der Waals surface area contributed by atoms with Gasteiger partial charge in [-0.25, -0.2) is 13.4 Å². The van der Waals surface area contributed by atoms with Gasteiger partial charge in [0.2, 0.25) is 0 Å². The third-order valence-corrected chi connectivity index (χ3v) is 6.27. The number of nitrogens with one attached hydrogen (secondary N) is 2. The van der Waals surface area contributed by atoms with E-state index in [0.29, 0.717) is 16.5 Å². The van der Waals surface area contributed by atoms with Gasteiger partial charge in [-0.15, -0.1) is 0 Å². The highest BCUT2D eigenvalue weighted by Gasteiger charge is 2.25. The first-order chi connectivity index (χ1) is 13.9. The molecule has 3 rings (SSSR count). The van der Waals surface area contributed by atoms with E-state index in [1.165, 1.54) is 6.26 Å². The lowest BCUT2D eigenvalue weighted by molar-refractivity contribution is 0.602. The zero-order valence-electron chi connectivity index (χ0n) is 16.6. The van der Waals surface area contributed by atoms with Crippen molar-refractivity contribution in [1.82, 2.24) is 15.6 Å². The van der Waals surface area contributed by atoms with Gasteiger partial charge in [0.1, 0.15) is 5.82 Å². The predicted molar refractivity (Wildman–Crippen MR) is 118 cm³/mol. The summed E-state index contributed by atoms with van der Waals surface area (Å²) in [7, 11) is -1.41. The average molecular weight is 436 g/mol. The van der Waals surface area contributed by atoms with Gasteiger partial charge in [0, 0.05) is 45.2 Å². The van der Waals surface area contributed by atoms with Gasteiger partial charge >= 0.3 is 0 Å². The molecule has 0 amide bonds. The second kappa shape index (κ2) is 9.45. The zero-order chi connectivity index (χ0) is 20.9. The number of aromatic nitrogens is 1. The smallest absolute Gasteiger partial charge is 0.191 e. The van der Waals surface area contributed by atoms with Crippen molar-refractivity contribution in [2.45, 2.75) is 23.8 Å². The first-order valence-electron chi connectivity index (χ1n) is 9.48. The number of anilines is 1. The number of hydrogen-bond donors (Lipinski definition) is 2. The van der Waals surface area contributed by atoms with Crippen LogP contribution in [0.5, 0.6) is 0 Å². The van der Waals surface area contributed by atoms with Gasteiger partial charge in [0.15, 0.2) is 15.8 Å². The average Bonchev–Trinajstić information content (AvgIpc) is 3.15. The van der Waals surface area contributed by atoms with Crippen LogP contribution in [-0.4, -0.2) is 58.3 Å². The van der Waals surface area contributed by atoms with Crippen molar-refractivity contribution in [3.8, 4) is 0 Å². The van der Waals surface area contributed by atoms with E-state index in [9.17, 15) is 8.42 Å². The summed E-state index contributed by atoms with van der Waals surface area (Å²) in [6, 6.07) is 10.9. The predicted octanol–water partition coefficient (Wildman–Crippen LogP) is 2.12. The Labute approximate surface area is 177 Å². The van der Waals surface area contributed by atoms with Crippen LogP contribution in [-0.2, 0) is 16.3 Å². The van der Waals surface area contributed by atoms with E-state index in [-0.39, 0.29) is 6.04 Å². The minimum absolute atomic E-state index is 0.258. The van der Waals surface area contributed by atoms with E-state index < -0.39 is 9.84 Å². The lowest BCUT2D eigenvalue weighted by Crippen LogP contribution is -2.45. The van der Waals surface area contributed by atoms with Crippen molar-refractivity contribution in [2.24, 2.45) is 4.99 Å². The van der Waals surface area contributed by atoms with Crippen molar-refractivity contribution in [1.29, 1.82) is 0 Å². The molecule has 1 atom stereocenters. The summed E-state index contributed by atoms with van der Waals surface area (Å²) in [6.07, 6.45) is 4.71. The first-order valence-corrected chi connectivity index (χ1v) is 11.8. The van der Waals surface area contributed by atoms with Crippen molar-refractivity contribution < 1.29 is 8.42 Å². The van der Waals surface area contributed by atoms with E-state index in [2.05, 4.69) is 25.5 Å². The molecule has 2 N–H and O–H groups in total. The molecular weight excluding hydrogens is 410 g/mol. The van der Waals surface area contributed by atoms with Crippen LogP contribution >= 0.6 is 11.6 Å². The second-order valence-electron chi connectivity index (χ2n) is 7.05. The fourth-order valence-electron chi connectivity index (χ4n) is 3.30. The summed E-state index contributed by atoms with van der Waals surface area (Å²) >= 11 is 6.25. The van der Waals surface area contributed by atoms with E-state index in [1.807, 2.05) is 24.3 Å². The molecule has 9 heteroatoms. The van der Waals surface area contributed by atoms with Gasteiger partial charge in [0.05, 0.1) is 9.92 Å². The van der Waals surface area contributed by atoms with Crippen molar-refractivity contribution in [3.63, 3.8) is 0 Å². The van der Waals surface area contributed by atoms with Crippen molar-refractivity contribution in [3.05, 3.63) is 53.2 Å². The Bertz CT molecular complexity index is 963. The molecule has 1 unspecified atom stereocenters. The lowest BCUT2D eigenvalue weighted by Gasteiger charge is -2.20. The molecule has 0 radical (unpaired) electrons. The standard InChI is InChI=1S/C20H26ClN5O2S/c1-22-20(24-12-9-15-5-7-17(8-6-15)29(2,27)28)25-16-10-13-26(14-16)19-18(21)4-3-11-23-19/h3-8,11,16H,9-10,12-14H2,1-2H3,(H2,22,24,25). The van der Waals surface area contributed by atoms with Crippen LogP contribution in [0.15, 0.2) is 52.5 Å². The van der Waals surface area contributed by atoms with E-state index in [1.54, 1.807) is 25.4 Å². The van der Waals surface area contributed by atoms with Gasteiger partial charge in [-0.05, 0) is 42.7 Å². The highest BCUT2D eigenvalue weighted by atomic mass is 35.5. The van der Waals surface area contributed by atoms with Gasteiger partial charge in [-0.3, -0.25) is 4.99 Å². The van der Waals surface area contributed by atoms with Gasteiger partial charge < -0.3 is 15.5 Å². The number of hydrogen-bond acceptors (Lipinski definition) is 5. The lowest BCUT2D eigenvalue weighted by atomic mass is 10.1. The summed E-state index contributed by atoms with van der Waals surface area (Å²) in [4.78, 5) is 11.2. The zero-order valence-corrected chi connectivity index (χ0v) is 18.2. The molecule has 1 fully saturated rings. The maximum Gasteiger partial charge on any atom is 0.191 e. The Kier molecular flexibility index (Phi) is 6.97. The quantitative estimate of drug-likeness (QED) is 0.534. The summed E-state index contributed by atoms with van der Waals surface area (Å²) < 4.78 is 23.1. The van der Waals surface area contributed by atoms with Gasteiger partial charge in [-0.2, -0.15) is 0 Å². The topological polar surface area (TPSA) is 86.7 Å². The van der Waals surface area contributed by atoms with Gasteiger partial charge in [-0.1, -0.05) is 23.7 Å². The highest BCUT2D eigenvalue weighted by molar-refractivity contribution is 7.90. The molecule has 0 spiro atoms. The maximum absolute atomic E-state index is 11.5. The molecule has 2 aromatic rings. The summed E-state index contributed by atoms with van der Waals surface area (Å²) in [5.41, 5.74) is 1.07. The molecule has 156 valence electrons. The Hall–Kier alpha value is -2.32. The van der Waals surface area contributed by atoms with Crippen LogP contribution in [0.1, 0.15) is 12.0 Å². The molecule has 29 heavy (non-hydrogen) atoms. The van der Waals surface area contributed by atoms with Gasteiger partial charge in [0.25, 0.3) is 0 Å².